The van der Waals surface area contributed by atoms with Crippen LogP contribution in [0.2, 0.25) is 5.02 Å². The van der Waals surface area contributed by atoms with E-state index in [1.165, 1.54) is 0 Å². The molecule has 1 aliphatic carbocycles. The van der Waals surface area contributed by atoms with E-state index in [-0.39, 0.29) is 18.1 Å². The predicted molar refractivity (Wildman–Crippen MR) is 129 cm³/mol. The molecular formula is C25H30ClN5O3. The average molecular weight is 484 g/mol. The normalized spacial score (nSPS) is 21.0. The van der Waals surface area contributed by atoms with Gasteiger partial charge in [-0.2, -0.15) is 5.26 Å². The van der Waals surface area contributed by atoms with Gasteiger partial charge in [0.15, 0.2) is 11.5 Å². The molecule has 1 aromatic carbocycles. The molecule has 1 saturated heterocycles. The number of hydrogen-bond donors (Lipinski definition) is 1. The van der Waals surface area contributed by atoms with E-state index in [4.69, 9.17) is 26.3 Å². The van der Waals surface area contributed by atoms with Crippen molar-refractivity contribution in [2.75, 3.05) is 24.6 Å². The van der Waals surface area contributed by atoms with Gasteiger partial charge in [0.05, 0.1) is 22.8 Å². The van der Waals surface area contributed by atoms with Crippen LogP contribution < -0.4 is 15.0 Å². The highest BCUT2D eigenvalue weighted by atomic mass is 35.5. The van der Waals surface area contributed by atoms with Crippen molar-refractivity contribution >= 4 is 23.3 Å². The van der Waals surface area contributed by atoms with Crippen LogP contribution >= 0.6 is 11.6 Å². The second-order valence-corrected chi connectivity index (χ2v) is 9.14. The Morgan fingerprint density at radius 1 is 1.12 bits per heavy atom. The Morgan fingerprint density at radius 2 is 1.88 bits per heavy atom. The Morgan fingerprint density at radius 3 is 2.50 bits per heavy atom. The number of hydrogen-bond acceptors (Lipinski definition) is 7. The highest BCUT2D eigenvalue weighted by Crippen LogP contribution is 2.27. The lowest BCUT2D eigenvalue weighted by atomic mass is 9.93. The highest BCUT2D eigenvalue weighted by Gasteiger charge is 2.25. The first-order valence-corrected chi connectivity index (χ1v) is 12.3. The lowest BCUT2D eigenvalue weighted by Gasteiger charge is -2.32. The van der Waals surface area contributed by atoms with Gasteiger partial charge in [-0.25, -0.2) is 0 Å². The summed E-state index contributed by atoms with van der Waals surface area (Å²) >= 11 is 6.09. The molecule has 2 heterocycles. The van der Waals surface area contributed by atoms with E-state index >= 15 is 0 Å². The molecular weight excluding hydrogens is 454 g/mol. The second kappa shape index (κ2) is 11.5. The fraction of sp³-hybridized carbons (Fsp3) is 0.520. The van der Waals surface area contributed by atoms with Crippen molar-refractivity contribution in [1.29, 1.82) is 5.26 Å². The number of halogens is 1. The molecule has 34 heavy (non-hydrogen) atoms. The molecule has 8 nitrogen and oxygen atoms in total. The van der Waals surface area contributed by atoms with E-state index in [0.29, 0.717) is 28.1 Å². The van der Waals surface area contributed by atoms with Crippen molar-refractivity contribution in [3.8, 4) is 11.8 Å². The Labute approximate surface area is 205 Å². The summed E-state index contributed by atoms with van der Waals surface area (Å²) in [6.45, 7) is 4.53. The van der Waals surface area contributed by atoms with Gasteiger partial charge in [0.25, 0.3) is 5.91 Å². The Kier molecular flexibility index (Phi) is 8.20. The molecule has 1 saturated carbocycles. The maximum Gasteiger partial charge on any atom is 0.272 e. The van der Waals surface area contributed by atoms with Crippen molar-refractivity contribution in [2.45, 2.75) is 63.7 Å². The number of carbonyl (C=O) groups excluding carboxylic acids is 1. The van der Waals surface area contributed by atoms with E-state index in [1.54, 1.807) is 24.3 Å². The van der Waals surface area contributed by atoms with Gasteiger partial charge in [0.2, 0.25) is 0 Å². The summed E-state index contributed by atoms with van der Waals surface area (Å²) in [5, 5.41) is 20.9. The second-order valence-electron chi connectivity index (χ2n) is 8.74. The first-order valence-electron chi connectivity index (χ1n) is 11.9. The van der Waals surface area contributed by atoms with Crippen molar-refractivity contribution < 1.29 is 14.3 Å². The Hall–Kier alpha value is -2.89. The standard InChI is InChI=1S/C25H30ClN5O3/c1-2-33-19-11-13-31(14-12-19)24-10-9-23(29-30-24)25(32)28-18-4-7-20(8-5-18)34-21-6-3-17(16-27)22(26)15-21/h3,6,9-10,15,18-20H,2,4-5,7-8,11-14H2,1H3,(H,28,32). The molecule has 1 aliphatic heterocycles. The molecule has 9 heteroatoms. The van der Waals surface area contributed by atoms with Gasteiger partial charge >= 0.3 is 0 Å². The van der Waals surface area contributed by atoms with Crippen LogP contribution in [0.5, 0.6) is 5.75 Å². The molecule has 0 atom stereocenters. The van der Waals surface area contributed by atoms with Crippen LogP contribution in [-0.4, -0.2) is 54.1 Å². The number of ether oxygens (including phenoxy) is 2. The number of anilines is 1. The number of aromatic nitrogens is 2. The van der Waals surface area contributed by atoms with E-state index in [9.17, 15) is 4.79 Å². The van der Waals surface area contributed by atoms with E-state index < -0.39 is 0 Å². The van der Waals surface area contributed by atoms with Crippen molar-refractivity contribution in [3.63, 3.8) is 0 Å². The van der Waals surface area contributed by atoms with Crippen molar-refractivity contribution in [1.82, 2.24) is 15.5 Å². The fourth-order valence-corrected chi connectivity index (χ4v) is 4.75. The molecule has 1 N–H and O–H groups in total. The highest BCUT2D eigenvalue weighted by molar-refractivity contribution is 6.31. The number of piperidine rings is 1. The van der Waals surface area contributed by atoms with Crippen molar-refractivity contribution in [2.24, 2.45) is 0 Å². The molecule has 0 radical (unpaired) electrons. The first-order chi connectivity index (χ1) is 16.6. The minimum Gasteiger partial charge on any atom is -0.490 e. The zero-order valence-corrected chi connectivity index (χ0v) is 20.1. The summed E-state index contributed by atoms with van der Waals surface area (Å²) in [5.41, 5.74) is 0.765. The lowest BCUT2D eigenvalue weighted by molar-refractivity contribution is 0.0458. The maximum absolute atomic E-state index is 12.7. The summed E-state index contributed by atoms with van der Waals surface area (Å²) in [6.07, 6.45) is 5.62. The molecule has 0 unspecified atom stereocenters. The van der Waals surface area contributed by atoms with Crippen LogP contribution in [0.3, 0.4) is 0 Å². The number of nitrogens with one attached hydrogen (secondary N) is 1. The van der Waals surface area contributed by atoms with Gasteiger partial charge in [-0.05, 0) is 69.7 Å². The molecule has 2 aromatic rings. The first kappa shape index (κ1) is 24.2. The molecule has 0 bridgehead atoms. The zero-order chi connectivity index (χ0) is 23.9. The van der Waals surface area contributed by atoms with Gasteiger partial charge < -0.3 is 19.7 Å². The molecule has 180 valence electrons. The number of amides is 1. The number of nitriles is 1. The van der Waals surface area contributed by atoms with E-state index in [2.05, 4.69) is 20.4 Å². The summed E-state index contributed by atoms with van der Waals surface area (Å²) in [7, 11) is 0. The quantitative estimate of drug-likeness (QED) is 0.631. The average Bonchev–Trinajstić information content (AvgIpc) is 2.86. The topological polar surface area (TPSA) is 100 Å². The van der Waals surface area contributed by atoms with Crippen LogP contribution in [0.1, 0.15) is 61.5 Å². The van der Waals surface area contributed by atoms with Crippen molar-refractivity contribution in [3.05, 3.63) is 46.6 Å². The van der Waals surface area contributed by atoms with Gasteiger partial charge in [-0.15, -0.1) is 10.2 Å². The third-order valence-corrected chi connectivity index (χ3v) is 6.74. The SMILES string of the molecule is CCOC1CCN(c2ccc(C(=O)NC3CCC(Oc4ccc(C#N)c(Cl)c4)CC3)nn2)CC1. The largest absolute Gasteiger partial charge is 0.490 e. The third-order valence-electron chi connectivity index (χ3n) is 6.42. The molecule has 0 spiro atoms. The summed E-state index contributed by atoms with van der Waals surface area (Å²) < 4.78 is 11.7. The van der Waals surface area contributed by atoms with Gasteiger partial charge in [-0.1, -0.05) is 11.6 Å². The maximum atomic E-state index is 12.7. The predicted octanol–water partition coefficient (Wildman–Crippen LogP) is 4.13. The Balaban J connectivity index is 1.22. The number of rotatable bonds is 7. The molecule has 2 aliphatic rings. The van der Waals surface area contributed by atoms with Crippen LogP contribution in [0.4, 0.5) is 5.82 Å². The van der Waals surface area contributed by atoms with Crippen LogP contribution in [-0.2, 0) is 4.74 Å². The lowest BCUT2D eigenvalue weighted by Crippen LogP contribution is -2.40. The number of benzene rings is 1. The summed E-state index contributed by atoms with van der Waals surface area (Å²) in [6, 6.07) is 10.9. The van der Waals surface area contributed by atoms with E-state index in [1.807, 2.05) is 19.1 Å². The van der Waals surface area contributed by atoms with Crippen LogP contribution in [0.15, 0.2) is 30.3 Å². The Bertz CT molecular complexity index is 1010. The number of carbonyl (C=O) groups is 1. The molecule has 4 rings (SSSR count). The fourth-order valence-electron chi connectivity index (χ4n) is 4.54. The smallest absolute Gasteiger partial charge is 0.272 e. The molecule has 1 amide bonds. The van der Waals surface area contributed by atoms with Gasteiger partial charge in [-0.3, -0.25) is 4.79 Å². The van der Waals surface area contributed by atoms with E-state index in [0.717, 1.165) is 64.0 Å². The summed E-state index contributed by atoms with van der Waals surface area (Å²) in [4.78, 5) is 14.9. The van der Waals surface area contributed by atoms with Gasteiger partial charge in [0, 0.05) is 31.8 Å². The van der Waals surface area contributed by atoms with Gasteiger partial charge in [0.1, 0.15) is 11.8 Å². The zero-order valence-electron chi connectivity index (χ0n) is 19.4. The summed E-state index contributed by atoms with van der Waals surface area (Å²) in [5.74, 6) is 1.26. The van der Waals surface area contributed by atoms with Crippen LogP contribution in [0.25, 0.3) is 0 Å². The third kappa shape index (κ3) is 6.16. The van der Waals surface area contributed by atoms with Crippen LogP contribution in [0, 0.1) is 11.3 Å². The molecule has 2 fully saturated rings. The minimum atomic E-state index is -0.197. The monoisotopic (exact) mass is 483 g/mol. The minimum absolute atomic E-state index is 0.0584. The number of nitrogens with zero attached hydrogens (tertiary/aromatic N) is 4. The molecule has 1 aromatic heterocycles.